The number of fused-ring (bicyclic) bond motifs is 5. The first-order valence-electron chi connectivity index (χ1n) is 8.78. The van der Waals surface area contributed by atoms with Crippen molar-refractivity contribution in [2.45, 2.75) is 25.0 Å². The van der Waals surface area contributed by atoms with Crippen LogP contribution in [0.25, 0.3) is 0 Å². The van der Waals surface area contributed by atoms with Crippen molar-refractivity contribution in [3.63, 3.8) is 0 Å². The van der Waals surface area contributed by atoms with Crippen molar-refractivity contribution in [1.82, 2.24) is 15.3 Å². The maximum absolute atomic E-state index is 13.8. The van der Waals surface area contributed by atoms with E-state index in [0.717, 1.165) is 0 Å². The Balaban J connectivity index is 1.86. The van der Waals surface area contributed by atoms with Crippen LogP contribution in [0.4, 0.5) is 15.0 Å². The normalized spacial score (nSPS) is 23.1. The number of nitriles is 1. The number of aromatic nitrogens is 1. The Morgan fingerprint density at radius 2 is 2.14 bits per heavy atom. The molecule has 2 bridgehead atoms. The fourth-order valence-electron chi connectivity index (χ4n) is 3.41. The smallest absolute Gasteiger partial charge is 0.418 e. The average Bonchev–Trinajstić information content (AvgIpc) is 2.98. The summed E-state index contributed by atoms with van der Waals surface area (Å²) in [5, 5.41) is 17.9. The number of nitrogens with one attached hydrogen (secondary N) is 1. The van der Waals surface area contributed by atoms with Gasteiger partial charge in [0.15, 0.2) is 11.6 Å². The first-order valence-corrected chi connectivity index (χ1v) is 8.78. The van der Waals surface area contributed by atoms with Crippen LogP contribution in [0.5, 0.6) is 11.5 Å². The molecule has 3 heterocycles. The third-order valence-corrected chi connectivity index (χ3v) is 4.82. The summed E-state index contributed by atoms with van der Waals surface area (Å²) < 4.78 is 25.1. The highest BCUT2D eigenvalue weighted by Crippen LogP contribution is 2.36. The van der Waals surface area contributed by atoms with Gasteiger partial charge in [-0.15, -0.1) is 0 Å². The fraction of sp³-hybridized carbons (Fsp3) is 0.263. The highest BCUT2D eigenvalue weighted by molar-refractivity contribution is 6.01. The van der Waals surface area contributed by atoms with Crippen molar-refractivity contribution >= 4 is 17.7 Å². The Bertz CT molecular complexity index is 1070. The number of anilines is 1. The molecule has 3 atom stereocenters. The number of nitrogen functional groups attached to an aromatic ring is 1. The number of ether oxygens (including phenoxy) is 2. The number of halogens is 1. The van der Waals surface area contributed by atoms with Gasteiger partial charge in [-0.2, -0.15) is 10.4 Å². The minimum Gasteiger partial charge on any atom is -0.482 e. The molecule has 0 spiro atoms. The number of amidine groups is 1. The van der Waals surface area contributed by atoms with Crippen LogP contribution < -0.4 is 20.5 Å². The summed E-state index contributed by atoms with van der Waals surface area (Å²) >= 11 is 0. The number of hydrazone groups is 1. The third-order valence-electron chi connectivity index (χ3n) is 4.82. The van der Waals surface area contributed by atoms with E-state index in [0.29, 0.717) is 11.1 Å². The summed E-state index contributed by atoms with van der Waals surface area (Å²) in [6.07, 6.45) is -0.00780. The third kappa shape index (κ3) is 3.27. The number of carbonyl (C=O) groups is 1. The van der Waals surface area contributed by atoms with Gasteiger partial charge in [0.1, 0.15) is 29.5 Å². The number of hydrogen-bond donors (Lipinski definition) is 2. The van der Waals surface area contributed by atoms with Gasteiger partial charge < -0.3 is 15.2 Å². The van der Waals surface area contributed by atoms with E-state index in [9.17, 15) is 14.4 Å². The van der Waals surface area contributed by atoms with Crippen molar-refractivity contribution in [2.75, 3.05) is 12.8 Å². The highest BCUT2D eigenvalue weighted by Gasteiger charge is 2.39. The van der Waals surface area contributed by atoms with E-state index in [1.807, 2.05) is 0 Å². The number of pyridine rings is 1. The van der Waals surface area contributed by atoms with Crippen LogP contribution in [-0.2, 0) is 0 Å². The van der Waals surface area contributed by atoms with E-state index >= 15 is 0 Å². The SMILES string of the molecule is CC1Oc2cc(cnc2N)C2C(=NN(C)C2C#N)NC(=O)Oc2ccc(F)cc21. The van der Waals surface area contributed by atoms with Crippen LogP contribution in [0.15, 0.2) is 35.6 Å². The lowest BCUT2D eigenvalue weighted by molar-refractivity contribution is 0.198. The van der Waals surface area contributed by atoms with Crippen LogP contribution in [0, 0.1) is 17.1 Å². The molecule has 10 heteroatoms. The second kappa shape index (κ2) is 6.94. The monoisotopic (exact) mass is 396 g/mol. The molecule has 0 saturated heterocycles. The molecule has 0 aliphatic carbocycles. The van der Waals surface area contributed by atoms with Crippen molar-refractivity contribution in [1.29, 1.82) is 5.26 Å². The van der Waals surface area contributed by atoms with Crippen LogP contribution in [-0.4, -0.2) is 35.0 Å². The molecular formula is C19H17FN6O3. The Hall–Kier alpha value is -3.87. The topological polar surface area (TPSA) is 126 Å². The van der Waals surface area contributed by atoms with Crippen molar-refractivity contribution < 1.29 is 18.7 Å². The predicted octanol–water partition coefficient (Wildman–Crippen LogP) is 2.28. The molecule has 9 nitrogen and oxygen atoms in total. The second-order valence-electron chi connectivity index (χ2n) is 6.72. The molecule has 3 unspecified atom stereocenters. The summed E-state index contributed by atoms with van der Waals surface area (Å²) in [5.74, 6) is -0.357. The Morgan fingerprint density at radius 1 is 1.34 bits per heavy atom. The van der Waals surface area contributed by atoms with Crippen LogP contribution in [0.1, 0.15) is 30.1 Å². The van der Waals surface area contributed by atoms with Gasteiger partial charge in [0, 0.05) is 18.8 Å². The van der Waals surface area contributed by atoms with E-state index in [-0.39, 0.29) is 23.2 Å². The lowest BCUT2D eigenvalue weighted by Gasteiger charge is -2.23. The second-order valence-corrected chi connectivity index (χ2v) is 6.72. The number of nitrogens with zero attached hydrogens (tertiary/aromatic N) is 4. The van der Waals surface area contributed by atoms with E-state index in [1.54, 1.807) is 20.0 Å². The fourth-order valence-corrected chi connectivity index (χ4v) is 3.41. The van der Waals surface area contributed by atoms with E-state index in [4.69, 9.17) is 15.2 Å². The number of benzene rings is 1. The molecule has 4 rings (SSSR count). The lowest BCUT2D eigenvalue weighted by atomic mass is 9.92. The maximum atomic E-state index is 13.8. The molecule has 29 heavy (non-hydrogen) atoms. The van der Waals surface area contributed by atoms with Crippen LogP contribution >= 0.6 is 0 Å². The molecule has 1 amide bonds. The van der Waals surface area contributed by atoms with E-state index in [2.05, 4.69) is 21.5 Å². The lowest BCUT2D eigenvalue weighted by Crippen LogP contribution is -2.38. The maximum Gasteiger partial charge on any atom is 0.418 e. The van der Waals surface area contributed by atoms with Gasteiger partial charge in [0.25, 0.3) is 0 Å². The van der Waals surface area contributed by atoms with Gasteiger partial charge in [-0.1, -0.05) is 0 Å². The van der Waals surface area contributed by atoms with Crippen molar-refractivity contribution in [3.05, 3.63) is 47.4 Å². The van der Waals surface area contributed by atoms with Gasteiger partial charge in [0.05, 0.1) is 12.0 Å². The Kier molecular flexibility index (Phi) is 4.43. The van der Waals surface area contributed by atoms with Crippen molar-refractivity contribution in [3.8, 4) is 17.6 Å². The quantitative estimate of drug-likeness (QED) is 0.699. The molecule has 148 valence electrons. The molecule has 0 radical (unpaired) electrons. The Labute approximate surface area is 165 Å². The number of hydrogen-bond acceptors (Lipinski definition) is 8. The largest absolute Gasteiger partial charge is 0.482 e. The summed E-state index contributed by atoms with van der Waals surface area (Å²) in [7, 11) is 1.63. The minimum absolute atomic E-state index is 0.125. The zero-order chi connectivity index (χ0) is 20.7. The Morgan fingerprint density at radius 3 is 2.90 bits per heavy atom. The number of likely N-dealkylation sites (N-methyl/N-ethyl adjacent to an activating group) is 1. The molecule has 0 fully saturated rings. The number of amides is 1. The molecule has 1 aromatic heterocycles. The summed E-state index contributed by atoms with van der Waals surface area (Å²) in [4.78, 5) is 16.7. The average molecular weight is 396 g/mol. The van der Waals surface area contributed by atoms with Gasteiger partial charge in [0.2, 0.25) is 0 Å². The van der Waals surface area contributed by atoms with Gasteiger partial charge in [-0.25, -0.2) is 14.2 Å². The number of carbonyl (C=O) groups excluding carboxylic acids is 1. The number of rotatable bonds is 0. The number of nitrogens with two attached hydrogens (primary N) is 1. The molecule has 0 saturated carbocycles. The molecule has 2 aromatic rings. The summed E-state index contributed by atoms with van der Waals surface area (Å²) in [6.45, 7) is 1.67. The standard InChI is InChI=1S/C19H17FN6O3/c1-9-12-6-11(20)3-4-14(12)29-19(27)24-18-16(13(7-21)26(2)25-18)10-5-15(28-9)17(22)23-8-10/h3-6,8-9,13,16H,1-2H3,(H2,22,23)(H,24,25,27). The minimum atomic E-state index is -0.815. The highest BCUT2D eigenvalue weighted by atomic mass is 19.1. The van der Waals surface area contributed by atoms with Gasteiger partial charge in [-0.3, -0.25) is 10.3 Å². The predicted molar refractivity (Wildman–Crippen MR) is 101 cm³/mol. The van der Waals surface area contributed by atoms with Crippen LogP contribution in [0.2, 0.25) is 0 Å². The van der Waals surface area contributed by atoms with E-state index < -0.39 is 30.0 Å². The molecule has 2 aliphatic rings. The van der Waals surface area contributed by atoms with E-state index in [1.165, 1.54) is 29.4 Å². The zero-order valence-corrected chi connectivity index (χ0v) is 15.6. The summed E-state index contributed by atoms with van der Waals surface area (Å²) in [6, 6.07) is 6.89. The first-order chi connectivity index (χ1) is 13.9. The van der Waals surface area contributed by atoms with Gasteiger partial charge in [-0.05, 0) is 36.8 Å². The molecule has 3 N–H and O–H groups in total. The molecule has 2 aliphatic heterocycles. The first kappa shape index (κ1) is 18.5. The zero-order valence-electron chi connectivity index (χ0n) is 15.6. The molecular weight excluding hydrogens is 379 g/mol. The molecule has 1 aromatic carbocycles. The van der Waals surface area contributed by atoms with Crippen molar-refractivity contribution in [2.24, 2.45) is 5.10 Å². The van der Waals surface area contributed by atoms with Crippen LogP contribution in [0.3, 0.4) is 0 Å². The summed E-state index contributed by atoms with van der Waals surface area (Å²) in [5.41, 5.74) is 6.86. The van der Waals surface area contributed by atoms with Gasteiger partial charge >= 0.3 is 6.09 Å².